The lowest BCUT2D eigenvalue weighted by molar-refractivity contribution is -0.123. The summed E-state index contributed by atoms with van der Waals surface area (Å²) in [5.74, 6) is 7.43. The van der Waals surface area contributed by atoms with Gasteiger partial charge in [0.05, 0.1) is 25.4 Å². The third-order valence-corrected chi connectivity index (χ3v) is 5.69. The van der Waals surface area contributed by atoms with E-state index in [0.717, 1.165) is 12.2 Å². The van der Waals surface area contributed by atoms with Gasteiger partial charge < -0.3 is 14.3 Å². The van der Waals surface area contributed by atoms with Gasteiger partial charge in [-0.1, -0.05) is 31.9 Å². The van der Waals surface area contributed by atoms with Gasteiger partial charge in [-0.2, -0.15) is 0 Å². The molecule has 5 heteroatoms. The number of furan rings is 1. The van der Waals surface area contributed by atoms with Gasteiger partial charge in [0.25, 0.3) is 0 Å². The van der Waals surface area contributed by atoms with E-state index in [-0.39, 0.29) is 18.0 Å². The van der Waals surface area contributed by atoms with Crippen LogP contribution in [0.25, 0.3) is 10.9 Å². The zero-order valence-corrected chi connectivity index (χ0v) is 17.9. The maximum absolute atomic E-state index is 13.1. The number of rotatable bonds is 6. The van der Waals surface area contributed by atoms with Crippen molar-refractivity contribution in [3.8, 4) is 11.8 Å². The molecule has 0 saturated carbocycles. The monoisotopic (exact) mass is 403 g/mol. The summed E-state index contributed by atoms with van der Waals surface area (Å²) in [5, 5.41) is 7.96. The van der Waals surface area contributed by atoms with Crippen molar-refractivity contribution in [2.75, 3.05) is 0 Å². The topological polar surface area (TPSA) is 59.2 Å². The van der Waals surface area contributed by atoms with Crippen molar-refractivity contribution in [3.63, 3.8) is 0 Å². The summed E-state index contributed by atoms with van der Waals surface area (Å²) in [6.45, 7) is 7.37. The quantitative estimate of drug-likeness (QED) is 0.607. The van der Waals surface area contributed by atoms with Crippen LogP contribution < -0.4 is 10.6 Å². The number of hydrogen-bond acceptors (Lipinski definition) is 3. The maximum atomic E-state index is 13.1. The third kappa shape index (κ3) is 4.15. The van der Waals surface area contributed by atoms with Crippen LogP contribution in [0.15, 0.2) is 47.2 Å². The largest absolute Gasteiger partial charge is 0.467 e. The Labute approximate surface area is 177 Å². The van der Waals surface area contributed by atoms with Gasteiger partial charge in [-0.05, 0) is 55.0 Å². The highest BCUT2D eigenvalue weighted by atomic mass is 16.3. The molecule has 0 unspecified atom stereocenters. The van der Waals surface area contributed by atoms with Crippen LogP contribution in [0, 0.1) is 17.8 Å². The minimum atomic E-state index is -0.299. The fourth-order valence-corrected chi connectivity index (χ4v) is 4.37. The van der Waals surface area contributed by atoms with Crippen molar-refractivity contribution >= 4 is 16.8 Å². The van der Waals surface area contributed by atoms with Gasteiger partial charge in [0.1, 0.15) is 5.76 Å². The summed E-state index contributed by atoms with van der Waals surface area (Å²) >= 11 is 0. The summed E-state index contributed by atoms with van der Waals surface area (Å²) in [5.41, 5.74) is 3.67. The zero-order chi connectivity index (χ0) is 21.1. The molecule has 0 saturated heterocycles. The van der Waals surface area contributed by atoms with Gasteiger partial charge in [0.2, 0.25) is 5.91 Å². The van der Waals surface area contributed by atoms with Crippen LogP contribution in [0.5, 0.6) is 0 Å². The number of amides is 1. The van der Waals surface area contributed by atoms with Crippen molar-refractivity contribution < 1.29 is 9.21 Å². The Kier molecular flexibility index (Phi) is 5.96. The number of carbonyl (C=O) groups excluding carboxylic acids is 1. The second-order valence-corrected chi connectivity index (χ2v) is 8.35. The number of carbonyl (C=O) groups is 1. The molecule has 3 heterocycles. The number of hydrogen-bond donors (Lipinski definition) is 2. The van der Waals surface area contributed by atoms with Crippen LogP contribution in [-0.4, -0.2) is 16.5 Å². The molecule has 0 radical (unpaired) electrons. The number of nitrogens with zero attached hydrogens (tertiary/aromatic N) is 1. The molecule has 1 amide bonds. The van der Waals surface area contributed by atoms with Gasteiger partial charge in [-0.3, -0.25) is 10.1 Å². The standard InChI is InChI=1S/C25H29N3O2/c1-4-5-11-28-16-18-14-22(25(29)26-15-19-8-7-12-30-19)27-21(13-17(2)3)20-9-6-10-23(28)24(18)20/h6-10,12,16-17,21-22,27H,11,13-15H2,1-3H3,(H,26,29)/t21-,22-/m0/s1. The van der Waals surface area contributed by atoms with Gasteiger partial charge in [-0.15, -0.1) is 5.92 Å². The van der Waals surface area contributed by atoms with Crippen LogP contribution in [0.4, 0.5) is 0 Å². The first-order valence-electron chi connectivity index (χ1n) is 10.6. The molecule has 1 aromatic carbocycles. The lowest BCUT2D eigenvalue weighted by Crippen LogP contribution is -2.46. The Balaban J connectivity index is 1.68. The van der Waals surface area contributed by atoms with E-state index in [9.17, 15) is 4.79 Å². The highest BCUT2D eigenvalue weighted by Gasteiger charge is 2.30. The van der Waals surface area contributed by atoms with E-state index in [1.807, 2.05) is 19.1 Å². The molecule has 2 atom stereocenters. The molecule has 2 aromatic heterocycles. The molecule has 1 aliphatic rings. The van der Waals surface area contributed by atoms with Gasteiger partial charge in [-0.25, -0.2) is 0 Å². The smallest absolute Gasteiger partial charge is 0.237 e. The average Bonchev–Trinajstić information content (AvgIpc) is 3.33. The van der Waals surface area contributed by atoms with Gasteiger partial charge in [0.15, 0.2) is 0 Å². The molecule has 2 N–H and O–H groups in total. The van der Waals surface area contributed by atoms with E-state index in [4.69, 9.17) is 4.42 Å². The minimum Gasteiger partial charge on any atom is -0.467 e. The van der Waals surface area contributed by atoms with Crippen LogP contribution in [-0.2, 0) is 24.3 Å². The van der Waals surface area contributed by atoms with E-state index >= 15 is 0 Å². The number of nitrogens with one attached hydrogen (secondary N) is 2. The van der Waals surface area contributed by atoms with E-state index in [2.05, 4.69) is 65.3 Å². The molecule has 30 heavy (non-hydrogen) atoms. The molecule has 4 rings (SSSR count). The number of aromatic nitrogens is 1. The minimum absolute atomic E-state index is 0.00205. The molecule has 3 aromatic rings. The second-order valence-electron chi connectivity index (χ2n) is 8.35. The van der Waals surface area contributed by atoms with Crippen LogP contribution in [0.3, 0.4) is 0 Å². The lowest BCUT2D eigenvalue weighted by Gasteiger charge is -2.25. The Bertz CT molecular complexity index is 1080. The Hall–Kier alpha value is -2.97. The van der Waals surface area contributed by atoms with Crippen LogP contribution >= 0.6 is 0 Å². The van der Waals surface area contributed by atoms with E-state index in [1.165, 1.54) is 22.0 Å². The molecule has 156 valence electrons. The zero-order valence-electron chi connectivity index (χ0n) is 17.9. The first-order chi connectivity index (χ1) is 14.6. The molecule has 5 nitrogen and oxygen atoms in total. The molecular formula is C25H29N3O2. The molecule has 0 aliphatic carbocycles. The SMILES string of the molecule is CC#CCn1cc2c3c(cccc31)[C@H](CC(C)C)N[C@H](C(=O)NCc1ccco1)C2. The summed E-state index contributed by atoms with van der Waals surface area (Å²) in [6, 6.07) is 10.0. The Morgan fingerprint density at radius 3 is 2.93 bits per heavy atom. The highest BCUT2D eigenvalue weighted by Crippen LogP contribution is 2.35. The van der Waals surface area contributed by atoms with E-state index in [0.29, 0.717) is 25.4 Å². The summed E-state index contributed by atoms with van der Waals surface area (Å²) < 4.78 is 7.57. The van der Waals surface area contributed by atoms with Crippen molar-refractivity contribution in [1.82, 2.24) is 15.2 Å². The van der Waals surface area contributed by atoms with Crippen molar-refractivity contribution in [2.45, 2.75) is 58.8 Å². The molecule has 0 bridgehead atoms. The summed E-state index contributed by atoms with van der Waals surface area (Å²) in [6.07, 6.45) is 5.42. The first-order valence-corrected chi connectivity index (χ1v) is 10.6. The third-order valence-electron chi connectivity index (χ3n) is 5.69. The summed E-state index contributed by atoms with van der Waals surface area (Å²) in [4.78, 5) is 13.1. The predicted molar refractivity (Wildman–Crippen MR) is 119 cm³/mol. The fourth-order valence-electron chi connectivity index (χ4n) is 4.37. The molecule has 1 aliphatic heterocycles. The van der Waals surface area contributed by atoms with Crippen LogP contribution in [0.2, 0.25) is 0 Å². The molecular weight excluding hydrogens is 374 g/mol. The van der Waals surface area contributed by atoms with Gasteiger partial charge in [0, 0.05) is 23.1 Å². The predicted octanol–water partition coefficient (Wildman–Crippen LogP) is 4.18. The van der Waals surface area contributed by atoms with Crippen molar-refractivity contribution in [2.24, 2.45) is 5.92 Å². The van der Waals surface area contributed by atoms with Crippen LogP contribution in [0.1, 0.15) is 50.1 Å². The van der Waals surface area contributed by atoms with E-state index in [1.54, 1.807) is 6.26 Å². The maximum Gasteiger partial charge on any atom is 0.237 e. The Morgan fingerprint density at radius 2 is 2.20 bits per heavy atom. The van der Waals surface area contributed by atoms with Crippen molar-refractivity contribution in [1.29, 1.82) is 0 Å². The second kappa shape index (κ2) is 8.81. The first kappa shape index (κ1) is 20.3. The fraction of sp³-hybridized carbons (Fsp3) is 0.400. The van der Waals surface area contributed by atoms with Crippen molar-refractivity contribution in [3.05, 3.63) is 59.7 Å². The molecule has 0 fully saturated rings. The number of benzene rings is 1. The molecule has 0 spiro atoms. The van der Waals surface area contributed by atoms with Gasteiger partial charge >= 0.3 is 0 Å². The van der Waals surface area contributed by atoms with E-state index < -0.39 is 0 Å². The highest BCUT2D eigenvalue weighted by molar-refractivity contribution is 5.90. The average molecular weight is 404 g/mol. The normalized spacial score (nSPS) is 18.1. The lowest BCUT2D eigenvalue weighted by atomic mass is 9.94. The summed E-state index contributed by atoms with van der Waals surface area (Å²) in [7, 11) is 0. The Morgan fingerprint density at radius 1 is 1.33 bits per heavy atom.